The second kappa shape index (κ2) is 12.5. The van der Waals surface area contributed by atoms with Crippen LogP contribution in [0.2, 0.25) is 0 Å². The van der Waals surface area contributed by atoms with Crippen LogP contribution < -0.4 is 0 Å². The average molecular weight is 545 g/mol. The highest BCUT2D eigenvalue weighted by molar-refractivity contribution is 6.31. The molecule has 1 aromatic carbocycles. The smallest absolute Gasteiger partial charge is 0.0790 e. The van der Waals surface area contributed by atoms with Crippen LogP contribution in [0.5, 0.6) is 0 Å². The number of nitrogens with zero attached hydrogens (tertiary/aromatic N) is 2. The van der Waals surface area contributed by atoms with Crippen molar-refractivity contribution >= 4 is 17.2 Å². The summed E-state index contributed by atoms with van der Waals surface area (Å²) >= 11 is 6.43. The lowest BCUT2D eigenvalue weighted by Crippen LogP contribution is -2.32. The van der Waals surface area contributed by atoms with Gasteiger partial charge < -0.3 is 10.0 Å². The van der Waals surface area contributed by atoms with Crippen molar-refractivity contribution in [3.05, 3.63) is 93.3 Å². The molecular formula is C35H45ClN2O. The summed E-state index contributed by atoms with van der Waals surface area (Å²) in [6.07, 6.45) is 15.4. The zero-order valence-electron chi connectivity index (χ0n) is 24.1. The minimum atomic E-state index is -0.388. The molecule has 0 bridgehead atoms. The first-order valence-electron chi connectivity index (χ1n) is 15.1. The Morgan fingerprint density at radius 2 is 1.85 bits per heavy atom. The highest BCUT2D eigenvalue weighted by Crippen LogP contribution is 2.45. The first-order chi connectivity index (χ1) is 18.9. The number of likely N-dealkylation sites (tertiary alicyclic amines) is 1. The van der Waals surface area contributed by atoms with Gasteiger partial charge in [-0.2, -0.15) is 0 Å². The summed E-state index contributed by atoms with van der Waals surface area (Å²) in [5.41, 5.74) is 9.74. The van der Waals surface area contributed by atoms with E-state index >= 15 is 0 Å². The summed E-state index contributed by atoms with van der Waals surface area (Å²) in [6.45, 7) is 10.1. The number of pyridine rings is 1. The van der Waals surface area contributed by atoms with Crippen molar-refractivity contribution in [2.45, 2.75) is 90.1 Å². The standard InChI is InChI=1S/C35H45ClN2O/c1-4-19-35(2,3)29-13-11-25(12-14-29)32(39)8-6-21-38-22-17-26(18-23-38)33-31-16-15-30(36)24-28(31)10-9-27-7-5-20-37-34(27)33/h5,7,11-15,20,24,31-32,39H,4,6,8-10,16-19,21-23H2,1-3H3. The van der Waals surface area contributed by atoms with Crippen molar-refractivity contribution in [2.24, 2.45) is 5.92 Å². The molecule has 39 heavy (non-hydrogen) atoms. The van der Waals surface area contributed by atoms with Gasteiger partial charge in [0.25, 0.3) is 0 Å². The highest BCUT2D eigenvalue weighted by atomic mass is 35.5. The number of aliphatic hydroxyl groups is 1. The lowest BCUT2D eigenvalue weighted by molar-refractivity contribution is 0.153. The van der Waals surface area contributed by atoms with Gasteiger partial charge in [-0.1, -0.05) is 86.3 Å². The third kappa shape index (κ3) is 6.59. The number of piperidine rings is 1. The Bertz CT molecular complexity index is 1230. The largest absolute Gasteiger partial charge is 0.388 e. The maximum atomic E-state index is 10.9. The molecule has 2 atom stereocenters. The lowest BCUT2D eigenvalue weighted by atomic mass is 9.79. The zero-order chi connectivity index (χ0) is 27.4. The van der Waals surface area contributed by atoms with E-state index in [2.05, 4.69) is 74.2 Å². The van der Waals surface area contributed by atoms with E-state index in [1.807, 2.05) is 6.20 Å². The summed E-state index contributed by atoms with van der Waals surface area (Å²) in [6, 6.07) is 13.0. The number of halogens is 1. The summed E-state index contributed by atoms with van der Waals surface area (Å²) in [5, 5.41) is 11.7. The molecule has 1 N–H and O–H groups in total. The predicted octanol–water partition coefficient (Wildman–Crippen LogP) is 8.54. The van der Waals surface area contributed by atoms with Gasteiger partial charge in [-0.25, -0.2) is 0 Å². The van der Waals surface area contributed by atoms with E-state index in [4.69, 9.17) is 16.6 Å². The molecule has 2 aliphatic carbocycles. The van der Waals surface area contributed by atoms with Crippen LogP contribution in [0.25, 0.3) is 5.57 Å². The molecule has 2 unspecified atom stereocenters. The second-order valence-electron chi connectivity index (χ2n) is 12.4. The van der Waals surface area contributed by atoms with E-state index in [-0.39, 0.29) is 11.5 Å². The number of hydrogen-bond donors (Lipinski definition) is 1. The van der Waals surface area contributed by atoms with Gasteiger partial charge in [-0.15, -0.1) is 0 Å². The van der Waals surface area contributed by atoms with Crippen LogP contribution in [0.3, 0.4) is 0 Å². The van der Waals surface area contributed by atoms with Crippen LogP contribution in [-0.4, -0.2) is 34.6 Å². The Balaban J connectivity index is 1.19. The van der Waals surface area contributed by atoms with Crippen molar-refractivity contribution in [1.82, 2.24) is 9.88 Å². The van der Waals surface area contributed by atoms with Crippen LogP contribution >= 0.6 is 11.6 Å². The van der Waals surface area contributed by atoms with Crippen LogP contribution in [0.4, 0.5) is 0 Å². The van der Waals surface area contributed by atoms with E-state index in [0.717, 1.165) is 75.2 Å². The molecule has 0 spiro atoms. The van der Waals surface area contributed by atoms with Crippen LogP contribution in [0.1, 0.15) is 101 Å². The molecule has 0 amide bonds. The fraction of sp³-hybridized carbons (Fsp3) is 0.514. The van der Waals surface area contributed by atoms with Crippen molar-refractivity contribution in [2.75, 3.05) is 19.6 Å². The Hall–Kier alpha value is -2.20. The number of hydrogen-bond acceptors (Lipinski definition) is 3. The summed E-state index contributed by atoms with van der Waals surface area (Å²) in [5.74, 6) is 0.416. The Morgan fingerprint density at radius 3 is 2.59 bits per heavy atom. The van der Waals surface area contributed by atoms with Gasteiger partial charge in [-0.3, -0.25) is 4.98 Å². The van der Waals surface area contributed by atoms with Gasteiger partial charge in [0, 0.05) is 30.2 Å². The van der Waals surface area contributed by atoms with Crippen molar-refractivity contribution in [1.29, 1.82) is 0 Å². The molecule has 2 heterocycles. The Labute approximate surface area is 240 Å². The number of aromatic nitrogens is 1. The normalized spacial score (nSPS) is 21.0. The van der Waals surface area contributed by atoms with E-state index < -0.39 is 0 Å². The molecule has 1 saturated heterocycles. The van der Waals surface area contributed by atoms with Gasteiger partial charge in [0.1, 0.15) is 0 Å². The molecule has 0 radical (unpaired) electrons. The summed E-state index contributed by atoms with van der Waals surface area (Å²) < 4.78 is 0. The molecule has 1 fully saturated rings. The Kier molecular flexibility index (Phi) is 9.11. The molecular weight excluding hydrogens is 500 g/mol. The second-order valence-corrected chi connectivity index (χ2v) is 12.8. The van der Waals surface area contributed by atoms with E-state index in [0.29, 0.717) is 5.92 Å². The molecule has 0 saturated carbocycles. The highest BCUT2D eigenvalue weighted by Gasteiger charge is 2.31. The maximum Gasteiger partial charge on any atom is 0.0790 e. The van der Waals surface area contributed by atoms with Gasteiger partial charge >= 0.3 is 0 Å². The van der Waals surface area contributed by atoms with E-state index in [1.54, 1.807) is 5.57 Å². The molecule has 1 aromatic heterocycles. The molecule has 2 aromatic rings. The number of rotatable bonds is 8. The molecule has 208 valence electrons. The lowest BCUT2D eigenvalue weighted by Gasteiger charge is -2.32. The van der Waals surface area contributed by atoms with Gasteiger partial charge in [-0.05, 0) is 97.7 Å². The van der Waals surface area contributed by atoms with Crippen molar-refractivity contribution in [3.63, 3.8) is 0 Å². The average Bonchev–Trinajstić information content (AvgIpc) is 3.10. The van der Waals surface area contributed by atoms with Gasteiger partial charge in [0.15, 0.2) is 0 Å². The third-order valence-electron chi connectivity index (χ3n) is 9.24. The predicted molar refractivity (Wildman–Crippen MR) is 164 cm³/mol. The molecule has 3 aliphatic rings. The molecule has 5 rings (SSSR count). The fourth-order valence-electron chi connectivity index (χ4n) is 6.93. The monoisotopic (exact) mass is 544 g/mol. The summed E-state index contributed by atoms with van der Waals surface area (Å²) in [7, 11) is 0. The fourth-order valence-corrected chi connectivity index (χ4v) is 7.15. The van der Waals surface area contributed by atoms with Crippen LogP contribution in [0, 0.1) is 5.92 Å². The van der Waals surface area contributed by atoms with Gasteiger partial charge in [0.05, 0.1) is 11.8 Å². The number of benzene rings is 1. The number of allylic oxidation sites excluding steroid dienone is 5. The van der Waals surface area contributed by atoms with Crippen LogP contribution in [0.15, 0.2) is 70.9 Å². The van der Waals surface area contributed by atoms with Crippen molar-refractivity contribution in [3.8, 4) is 0 Å². The third-order valence-corrected chi connectivity index (χ3v) is 9.51. The SMILES string of the molecule is CCCC(C)(C)c1ccc(C(O)CCCN2CCC(=C3c4ncccc4CCC4=CC(Cl)=CCC43)CC2)cc1. The minimum absolute atomic E-state index is 0.189. The molecule has 4 heteroatoms. The first-order valence-corrected chi connectivity index (χ1v) is 15.5. The van der Waals surface area contributed by atoms with Crippen molar-refractivity contribution < 1.29 is 5.11 Å². The number of fused-ring (bicyclic) bond motifs is 2. The summed E-state index contributed by atoms with van der Waals surface area (Å²) in [4.78, 5) is 7.49. The number of aliphatic hydroxyl groups excluding tert-OH is 1. The minimum Gasteiger partial charge on any atom is -0.388 e. The quantitative estimate of drug-likeness (QED) is 0.361. The van der Waals surface area contributed by atoms with Gasteiger partial charge in [0.2, 0.25) is 0 Å². The number of aryl methyl sites for hydroxylation is 1. The van der Waals surface area contributed by atoms with E-state index in [9.17, 15) is 5.11 Å². The Morgan fingerprint density at radius 1 is 1.08 bits per heavy atom. The molecule has 1 aliphatic heterocycles. The maximum absolute atomic E-state index is 10.9. The van der Waals surface area contributed by atoms with Crippen LogP contribution in [-0.2, 0) is 11.8 Å². The zero-order valence-corrected chi connectivity index (χ0v) is 24.8. The topological polar surface area (TPSA) is 36.4 Å². The molecule has 3 nitrogen and oxygen atoms in total. The first kappa shape index (κ1) is 28.3. The van der Waals surface area contributed by atoms with E-state index in [1.165, 1.54) is 40.8 Å².